The van der Waals surface area contributed by atoms with E-state index in [4.69, 9.17) is 5.73 Å². The molecule has 1 saturated heterocycles. The molecule has 0 amide bonds. The van der Waals surface area contributed by atoms with Crippen LogP contribution in [0.2, 0.25) is 0 Å². The van der Waals surface area contributed by atoms with Crippen molar-refractivity contribution in [3.63, 3.8) is 0 Å². The minimum absolute atomic E-state index is 0.0234. The van der Waals surface area contributed by atoms with Gasteiger partial charge < -0.3 is 5.73 Å². The van der Waals surface area contributed by atoms with Crippen LogP contribution in [-0.2, 0) is 10.0 Å². The van der Waals surface area contributed by atoms with Crippen LogP contribution in [0.4, 0.5) is 0 Å². The summed E-state index contributed by atoms with van der Waals surface area (Å²) in [7, 11) is -3.01. The molecule has 1 aliphatic rings. The zero-order chi connectivity index (χ0) is 11.3. The highest BCUT2D eigenvalue weighted by atomic mass is 32.2. The number of rotatable bonds is 5. The van der Waals surface area contributed by atoms with E-state index in [1.165, 1.54) is 0 Å². The van der Waals surface area contributed by atoms with Gasteiger partial charge in [0, 0.05) is 19.1 Å². The van der Waals surface area contributed by atoms with Gasteiger partial charge in [-0.25, -0.2) is 8.42 Å². The van der Waals surface area contributed by atoms with Crippen LogP contribution in [0.3, 0.4) is 0 Å². The first kappa shape index (κ1) is 12.9. The largest absolute Gasteiger partial charge is 0.329 e. The van der Waals surface area contributed by atoms with Gasteiger partial charge in [0.1, 0.15) is 0 Å². The van der Waals surface area contributed by atoms with E-state index in [0.717, 1.165) is 32.1 Å². The fourth-order valence-corrected chi connectivity index (χ4v) is 3.89. The first-order valence-electron chi connectivity index (χ1n) is 5.81. The van der Waals surface area contributed by atoms with Gasteiger partial charge in [0.2, 0.25) is 10.0 Å². The van der Waals surface area contributed by atoms with Crippen LogP contribution in [-0.4, -0.2) is 37.6 Å². The average Bonchev–Trinajstić information content (AvgIpc) is 2.20. The highest BCUT2D eigenvalue weighted by molar-refractivity contribution is 7.89. The van der Waals surface area contributed by atoms with Crippen LogP contribution in [0.1, 0.15) is 39.0 Å². The summed E-state index contributed by atoms with van der Waals surface area (Å²) in [6.45, 7) is 3.21. The predicted molar refractivity (Wildman–Crippen MR) is 62.1 cm³/mol. The molecule has 0 radical (unpaired) electrons. The number of nitrogens with zero attached hydrogens (tertiary/aromatic N) is 1. The maximum Gasteiger partial charge on any atom is 0.214 e. The van der Waals surface area contributed by atoms with Crippen molar-refractivity contribution in [2.45, 2.75) is 45.1 Å². The molecule has 0 aromatic rings. The summed E-state index contributed by atoms with van der Waals surface area (Å²) < 4.78 is 25.3. The van der Waals surface area contributed by atoms with E-state index in [1.54, 1.807) is 4.31 Å². The Morgan fingerprint density at radius 3 is 2.67 bits per heavy atom. The van der Waals surface area contributed by atoms with Gasteiger partial charge in [-0.1, -0.05) is 19.8 Å². The molecule has 0 spiro atoms. The van der Waals surface area contributed by atoms with E-state index in [0.29, 0.717) is 18.8 Å². The van der Waals surface area contributed by atoms with Crippen molar-refractivity contribution in [3.05, 3.63) is 0 Å². The Hall–Kier alpha value is -0.130. The molecule has 0 aromatic carbocycles. The first-order valence-corrected chi connectivity index (χ1v) is 7.42. The number of hydrogen-bond donors (Lipinski definition) is 1. The monoisotopic (exact) mass is 234 g/mol. The van der Waals surface area contributed by atoms with Crippen LogP contribution in [0, 0.1) is 0 Å². The Balaban J connectivity index is 2.64. The Labute approximate surface area is 92.9 Å². The van der Waals surface area contributed by atoms with Crippen molar-refractivity contribution in [2.75, 3.05) is 18.8 Å². The lowest BCUT2D eigenvalue weighted by Gasteiger charge is -2.33. The summed E-state index contributed by atoms with van der Waals surface area (Å²) in [5.74, 6) is 0.301. The van der Waals surface area contributed by atoms with Crippen molar-refractivity contribution >= 4 is 10.0 Å². The highest BCUT2D eigenvalue weighted by Gasteiger charge is 2.30. The van der Waals surface area contributed by atoms with Gasteiger partial charge in [-0.05, 0) is 19.3 Å². The van der Waals surface area contributed by atoms with Gasteiger partial charge in [-0.15, -0.1) is 0 Å². The molecule has 4 nitrogen and oxygen atoms in total. The molecule has 15 heavy (non-hydrogen) atoms. The molecule has 0 aliphatic carbocycles. The van der Waals surface area contributed by atoms with Gasteiger partial charge in [-0.2, -0.15) is 4.31 Å². The number of sulfonamides is 1. The third kappa shape index (κ3) is 3.43. The van der Waals surface area contributed by atoms with Crippen molar-refractivity contribution in [3.8, 4) is 0 Å². The standard InChI is InChI=1S/C10H22N2O2S/c1-2-3-6-10(9-11)12-7-4-5-8-15(12,13)14/h10H,2-9,11H2,1H3. The fourth-order valence-electron chi connectivity index (χ4n) is 2.04. The third-order valence-electron chi connectivity index (χ3n) is 2.96. The Bertz CT molecular complexity index is 277. The van der Waals surface area contributed by atoms with E-state index in [9.17, 15) is 8.42 Å². The second kappa shape index (κ2) is 5.82. The van der Waals surface area contributed by atoms with Crippen LogP contribution in [0.15, 0.2) is 0 Å². The summed E-state index contributed by atoms with van der Waals surface area (Å²) in [4.78, 5) is 0. The molecular weight excluding hydrogens is 212 g/mol. The number of nitrogens with two attached hydrogens (primary N) is 1. The molecule has 90 valence electrons. The van der Waals surface area contributed by atoms with Crippen molar-refractivity contribution in [1.82, 2.24) is 4.31 Å². The smallest absolute Gasteiger partial charge is 0.214 e. The topological polar surface area (TPSA) is 63.4 Å². The van der Waals surface area contributed by atoms with Crippen molar-refractivity contribution in [2.24, 2.45) is 5.73 Å². The molecule has 0 aromatic heterocycles. The second-order valence-corrected chi connectivity index (χ2v) is 6.21. The average molecular weight is 234 g/mol. The highest BCUT2D eigenvalue weighted by Crippen LogP contribution is 2.19. The number of unbranched alkanes of at least 4 members (excludes halogenated alkanes) is 1. The van der Waals surface area contributed by atoms with E-state index < -0.39 is 10.0 Å². The first-order chi connectivity index (χ1) is 7.11. The lowest BCUT2D eigenvalue weighted by Crippen LogP contribution is -2.48. The quantitative estimate of drug-likeness (QED) is 0.769. The van der Waals surface area contributed by atoms with Crippen LogP contribution in [0.25, 0.3) is 0 Å². The van der Waals surface area contributed by atoms with Crippen LogP contribution < -0.4 is 5.73 Å². The van der Waals surface area contributed by atoms with Gasteiger partial charge in [-0.3, -0.25) is 0 Å². The third-order valence-corrected chi connectivity index (χ3v) is 4.96. The summed E-state index contributed by atoms with van der Waals surface area (Å²) in [5, 5.41) is 0. The van der Waals surface area contributed by atoms with Crippen LogP contribution >= 0.6 is 0 Å². The van der Waals surface area contributed by atoms with E-state index >= 15 is 0 Å². The van der Waals surface area contributed by atoms with Crippen molar-refractivity contribution in [1.29, 1.82) is 0 Å². The molecule has 1 heterocycles. The van der Waals surface area contributed by atoms with Gasteiger partial charge in [0.05, 0.1) is 5.75 Å². The van der Waals surface area contributed by atoms with Gasteiger partial charge in [0.25, 0.3) is 0 Å². The molecule has 1 atom stereocenters. The molecule has 1 rings (SSSR count). The molecular formula is C10H22N2O2S. The van der Waals surface area contributed by atoms with E-state index in [-0.39, 0.29) is 6.04 Å². The SMILES string of the molecule is CCCCC(CN)N1CCCCS1(=O)=O. The molecule has 0 bridgehead atoms. The molecule has 1 fully saturated rings. The summed E-state index contributed by atoms with van der Waals surface area (Å²) in [5.41, 5.74) is 5.66. The fraction of sp³-hybridized carbons (Fsp3) is 1.00. The normalized spacial score (nSPS) is 23.9. The van der Waals surface area contributed by atoms with Crippen LogP contribution in [0.5, 0.6) is 0 Å². The second-order valence-electron chi connectivity index (χ2n) is 4.17. The molecule has 1 unspecified atom stereocenters. The van der Waals surface area contributed by atoms with Gasteiger partial charge >= 0.3 is 0 Å². The predicted octanol–water partition coefficient (Wildman–Crippen LogP) is 0.930. The zero-order valence-electron chi connectivity index (χ0n) is 9.48. The van der Waals surface area contributed by atoms with E-state index in [2.05, 4.69) is 6.92 Å². The zero-order valence-corrected chi connectivity index (χ0v) is 10.3. The lowest BCUT2D eigenvalue weighted by atomic mass is 10.1. The maximum atomic E-state index is 11.8. The molecule has 0 saturated carbocycles. The summed E-state index contributed by atoms with van der Waals surface area (Å²) >= 11 is 0. The minimum atomic E-state index is -3.01. The molecule has 1 aliphatic heterocycles. The molecule has 2 N–H and O–H groups in total. The lowest BCUT2D eigenvalue weighted by molar-refractivity contribution is 0.288. The molecule has 5 heteroatoms. The van der Waals surface area contributed by atoms with Crippen molar-refractivity contribution < 1.29 is 8.42 Å². The Morgan fingerprint density at radius 2 is 2.13 bits per heavy atom. The summed E-state index contributed by atoms with van der Waals surface area (Å²) in [6, 6.07) is 0.0234. The number of hydrogen-bond acceptors (Lipinski definition) is 3. The Morgan fingerprint density at radius 1 is 1.40 bits per heavy atom. The minimum Gasteiger partial charge on any atom is -0.329 e. The maximum absolute atomic E-state index is 11.8. The Kier molecular flexibility index (Phi) is 5.02. The summed E-state index contributed by atoms with van der Waals surface area (Å²) in [6.07, 6.45) is 4.80. The van der Waals surface area contributed by atoms with E-state index in [1.807, 2.05) is 0 Å². The van der Waals surface area contributed by atoms with Gasteiger partial charge in [0.15, 0.2) is 0 Å².